The Hall–Kier alpha value is -0.970. The molecule has 0 aliphatic carbocycles. The van der Waals surface area contributed by atoms with Gasteiger partial charge < -0.3 is 10.5 Å². The quantitative estimate of drug-likeness (QED) is 0.821. The minimum atomic E-state index is 0.356. The van der Waals surface area contributed by atoms with Gasteiger partial charge in [-0.05, 0) is 34.1 Å². The first-order valence-electron chi connectivity index (χ1n) is 4.61. The van der Waals surface area contributed by atoms with E-state index in [1.807, 2.05) is 0 Å². The van der Waals surface area contributed by atoms with Crippen molar-refractivity contribution in [2.45, 2.75) is 0 Å². The van der Waals surface area contributed by atoms with E-state index in [0.717, 1.165) is 0 Å². The molecule has 0 aliphatic rings. The Bertz CT molecular complexity index is 543. The number of halogens is 3. The number of hydrogen-bond acceptors (Lipinski definition) is 3. The first-order chi connectivity index (χ1) is 8.08. The molecule has 1 heterocycles. The van der Waals surface area contributed by atoms with Crippen molar-refractivity contribution in [3.05, 3.63) is 45.0 Å². The lowest BCUT2D eigenvalue weighted by Gasteiger charge is -2.10. The smallest absolute Gasteiger partial charge is 0.233 e. The van der Waals surface area contributed by atoms with Gasteiger partial charge >= 0.3 is 0 Å². The Morgan fingerprint density at radius 1 is 1.29 bits per heavy atom. The van der Waals surface area contributed by atoms with Gasteiger partial charge in [-0.15, -0.1) is 0 Å². The highest BCUT2D eigenvalue weighted by atomic mass is 79.9. The Morgan fingerprint density at radius 2 is 2.06 bits per heavy atom. The summed E-state index contributed by atoms with van der Waals surface area (Å²) in [6.07, 6.45) is 1.48. The minimum absolute atomic E-state index is 0.356. The molecule has 88 valence electrons. The molecule has 0 amide bonds. The molecule has 0 saturated carbocycles. The van der Waals surface area contributed by atoms with Crippen molar-refractivity contribution >= 4 is 44.8 Å². The number of nitrogens with zero attached hydrogens (tertiary/aromatic N) is 1. The molecule has 0 radical (unpaired) electrons. The molecule has 0 atom stereocenters. The van der Waals surface area contributed by atoms with E-state index in [9.17, 15) is 0 Å². The molecular formula is C11H7BrCl2N2O. The maximum absolute atomic E-state index is 5.99. The zero-order valence-corrected chi connectivity index (χ0v) is 11.6. The van der Waals surface area contributed by atoms with Crippen molar-refractivity contribution in [1.29, 1.82) is 0 Å². The molecule has 0 unspecified atom stereocenters. The van der Waals surface area contributed by atoms with Gasteiger partial charge in [0.15, 0.2) is 5.75 Å². The molecule has 1 aromatic heterocycles. The molecule has 2 N–H and O–H groups in total. The van der Waals surface area contributed by atoms with E-state index < -0.39 is 0 Å². The highest BCUT2D eigenvalue weighted by Gasteiger charge is 2.10. The van der Waals surface area contributed by atoms with Crippen molar-refractivity contribution < 1.29 is 4.74 Å². The fraction of sp³-hybridized carbons (Fsp3) is 0. The van der Waals surface area contributed by atoms with Crippen LogP contribution in [0.1, 0.15) is 0 Å². The summed E-state index contributed by atoms with van der Waals surface area (Å²) in [6, 6.07) is 6.81. The van der Waals surface area contributed by atoms with Crippen LogP contribution in [0.5, 0.6) is 11.6 Å². The summed E-state index contributed by atoms with van der Waals surface area (Å²) in [5.41, 5.74) is 6.22. The molecule has 1 aromatic carbocycles. The summed E-state index contributed by atoms with van der Waals surface area (Å²) in [7, 11) is 0. The summed E-state index contributed by atoms with van der Waals surface area (Å²) in [6.45, 7) is 0. The lowest BCUT2D eigenvalue weighted by molar-refractivity contribution is 0.462. The SMILES string of the molecule is Nc1cccc(Cl)c1Oc1ncc(Cl)cc1Br. The van der Waals surface area contributed by atoms with Crippen LogP contribution >= 0.6 is 39.1 Å². The fourth-order valence-electron chi connectivity index (χ4n) is 1.21. The molecule has 0 aliphatic heterocycles. The van der Waals surface area contributed by atoms with Crippen LogP contribution in [0.25, 0.3) is 0 Å². The zero-order chi connectivity index (χ0) is 12.4. The number of nitrogens with two attached hydrogens (primary N) is 1. The third-order valence-corrected chi connectivity index (χ3v) is 3.04. The molecule has 0 saturated heterocycles. The maximum atomic E-state index is 5.99. The van der Waals surface area contributed by atoms with Gasteiger partial charge in [0, 0.05) is 6.20 Å². The van der Waals surface area contributed by atoms with Gasteiger partial charge in [-0.2, -0.15) is 0 Å². The van der Waals surface area contributed by atoms with Gasteiger partial charge in [0.2, 0.25) is 5.88 Å². The van der Waals surface area contributed by atoms with E-state index in [1.54, 1.807) is 24.3 Å². The molecule has 2 rings (SSSR count). The number of aromatic nitrogens is 1. The first-order valence-corrected chi connectivity index (χ1v) is 6.15. The maximum Gasteiger partial charge on any atom is 0.233 e. The highest BCUT2D eigenvalue weighted by Crippen LogP contribution is 2.36. The molecule has 0 spiro atoms. The summed E-state index contributed by atoms with van der Waals surface area (Å²) < 4.78 is 6.18. The van der Waals surface area contributed by atoms with Crippen molar-refractivity contribution in [3.8, 4) is 11.6 Å². The third-order valence-electron chi connectivity index (χ3n) is 1.97. The number of ether oxygens (including phenoxy) is 1. The Labute approximate surface area is 117 Å². The van der Waals surface area contributed by atoms with Crippen molar-refractivity contribution in [1.82, 2.24) is 4.98 Å². The third kappa shape index (κ3) is 2.83. The van der Waals surface area contributed by atoms with E-state index in [4.69, 9.17) is 33.7 Å². The second-order valence-corrected chi connectivity index (χ2v) is 4.90. The zero-order valence-electron chi connectivity index (χ0n) is 8.45. The monoisotopic (exact) mass is 332 g/mol. The van der Waals surface area contributed by atoms with E-state index in [0.29, 0.717) is 31.8 Å². The number of nitrogen functional groups attached to an aromatic ring is 1. The van der Waals surface area contributed by atoms with Crippen LogP contribution in [-0.4, -0.2) is 4.98 Å². The number of hydrogen-bond donors (Lipinski definition) is 1. The summed E-state index contributed by atoms with van der Waals surface area (Å²) in [5, 5.41) is 0.935. The normalized spacial score (nSPS) is 10.3. The fourth-order valence-corrected chi connectivity index (χ4v) is 2.15. The molecule has 2 aromatic rings. The van der Waals surface area contributed by atoms with Gasteiger partial charge in [-0.1, -0.05) is 29.3 Å². The van der Waals surface area contributed by atoms with Gasteiger partial charge in [0.25, 0.3) is 0 Å². The predicted octanol–water partition coefficient (Wildman–Crippen LogP) is 4.53. The van der Waals surface area contributed by atoms with Crippen molar-refractivity contribution in [2.24, 2.45) is 0 Å². The number of para-hydroxylation sites is 1. The number of benzene rings is 1. The Balaban J connectivity index is 2.38. The molecule has 0 bridgehead atoms. The molecule has 3 nitrogen and oxygen atoms in total. The van der Waals surface area contributed by atoms with Gasteiger partial charge in [-0.3, -0.25) is 0 Å². The second kappa shape index (κ2) is 5.12. The number of pyridine rings is 1. The second-order valence-electron chi connectivity index (χ2n) is 3.20. The van der Waals surface area contributed by atoms with Gasteiger partial charge in [0.1, 0.15) is 0 Å². The van der Waals surface area contributed by atoms with Crippen LogP contribution in [0, 0.1) is 0 Å². The van der Waals surface area contributed by atoms with Crippen LogP contribution in [0.15, 0.2) is 34.9 Å². The Kier molecular flexibility index (Phi) is 3.76. The van der Waals surface area contributed by atoms with E-state index >= 15 is 0 Å². The number of anilines is 1. The van der Waals surface area contributed by atoms with E-state index in [1.165, 1.54) is 6.20 Å². The standard InChI is InChI=1S/C11H7BrCl2N2O/c12-7-4-6(13)5-16-11(7)17-10-8(14)2-1-3-9(10)15/h1-5H,15H2. The molecular weight excluding hydrogens is 327 g/mol. The van der Waals surface area contributed by atoms with Crippen molar-refractivity contribution in [2.75, 3.05) is 5.73 Å². The van der Waals surface area contributed by atoms with E-state index in [2.05, 4.69) is 20.9 Å². The van der Waals surface area contributed by atoms with Gasteiger partial charge in [0.05, 0.1) is 20.2 Å². The van der Waals surface area contributed by atoms with Crippen LogP contribution in [0.4, 0.5) is 5.69 Å². The average Bonchev–Trinajstić information content (AvgIpc) is 2.26. The molecule has 0 fully saturated rings. The first kappa shape index (κ1) is 12.5. The summed E-state index contributed by atoms with van der Waals surface area (Å²) >= 11 is 15.1. The summed E-state index contributed by atoms with van der Waals surface area (Å²) in [5.74, 6) is 0.735. The lowest BCUT2D eigenvalue weighted by Crippen LogP contribution is -1.95. The minimum Gasteiger partial charge on any atom is -0.434 e. The van der Waals surface area contributed by atoms with Crippen molar-refractivity contribution in [3.63, 3.8) is 0 Å². The van der Waals surface area contributed by atoms with Crippen LogP contribution in [-0.2, 0) is 0 Å². The average molecular weight is 334 g/mol. The summed E-state index contributed by atoms with van der Waals surface area (Å²) in [4.78, 5) is 4.04. The Morgan fingerprint density at radius 3 is 2.71 bits per heavy atom. The predicted molar refractivity (Wildman–Crippen MR) is 72.9 cm³/mol. The number of rotatable bonds is 2. The highest BCUT2D eigenvalue weighted by molar-refractivity contribution is 9.10. The van der Waals surface area contributed by atoms with Crippen LogP contribution < -0.4 is 10.5 Å². The van der Waals surface area contributed by atoms with Crippen LogP contribution in [0.2, 0.25) is 10.0 Å². The molecule has 6 heteroatoms. The van der Waals surface area contributed by atoms with Crippen LogP contribution in [0.3, 0.4) is 0 Å². The van der Waals surface area contributed by atoms with E-state index in [-0.39, 0.29) is 0 Å². The molecule has 17 heavy (non-hydrogen) atoms. The lowest BCUT2D eigenvalue weighted by atomic mass is 10.3. The van der Waals surface area contributed by atoms with Gasteiger partial charge in [-0.25, -0.2) is 4.98 Å². The topological polar surface area (TPSA) is 48.1 Å². The largest absolute Gasteiger partial charge is 0.434 e.